The van der Waals surface area contributed by atoms with Gasteiger partial charge in [0.25, 0.3) is 5.56 Å². The van der Waals surface area contributed by atoms with Crippen LogP contribution < -0.4 is 15.0 Å². The van der Waals surface area contributed by atoms with Crippen LogP contribution in [-0.4, -0.2) is 16.7 Å². The van der Waals surface area contributed by atoms with Crippen LogP contribution in [0.25, 0.3) is 17.0 Å². The van der Waals surface area contributed by atoms with E-state index in [2.05, 4.69) is 4.98 Å². The molecule has 6 heteroatoms. The Hall–Kier alpha value is -4.45. The molecule has 0 bridgehead atoms. The van der Waals surface area contributed by atoms with E-state index in [0.29, 0.717) is 33.7 Å². The second kappa shape index (κ2) is 7.31. The number of carbonyl (C=O) groups is 2. The summed E-state index contributed by atoms with van der Waals surface area (Å²) in [5.74, 6) is -0.466. The van der Waals surface area contributed by atoms with Gasteiger partial charge in [0.2, 0.25) is 5.78 Å². The Morgan fingerprint density at radius 3 is 2.52 bits per heavy atom. The minimum atomic E-state index is -0.603. The number of rotatable bonds is 2. The van der Waals surface area contributed by atoms with Crippen molar-refractivity contribution in [1.29, 1.82) is 0 Å². The quantitative estimate of drug-likeness (QED) is 0.283. The largest absolute Gasteiger partial charge is 0.452 e. The second-order valence-corrected chi connectivity index (χ2v) is 8.08. The third kappa shape index (κ3) is 3.15. The normalized spacial score (nSPS) is 18.1. The topological polar surface area (TPSA) is 85.5 Å². The zero-order valence-corrected chi connectivity index (χ0v) is 17.3. The van der Waals surface area contributed by atoms with Crippen molar-refractivity contribution in [3.8, 4) is 11.5 Å². The predicted molar refractivity (Wildman–Crippen MR) is 122 cm³/mol. The van der Waals surface area contributed by atoms with E-state index in [0.717, 1.165) is 10.9 Å². The number of Topliss-reactive ketones (excluding diaryl/α,β-unsaturated/α-hetero) is 1. The minimum Gasteiger partial charge on any atom is -0.452 e. The van der Waals surface area contributed by atoms with E-state index in [9.17, 15) is 14.4 Å². The average molecular weight is 435 g/mol. The van der Waals surface area contributed by atoms with E-state index in [4.69, 9.17) is 9.47 Å². The molecule has 4 aromatic rings. The molecular formula is C27H17NO5. The molecule has 6 rings (SSSR count). The molecule has 1 N–H and O–H groups in total. The number of allylic oxidation sites excluding steroid dienone is 1. The van der Waals surface area contributed by atoms with Crippen molar-refractivity contribution in [1.82, 2.24) is 4.98 Å². The number of aromatic amines is 1. The number of para-hydroxylation sites is 1. The van der Waals surface area contributed by atoms with E-state index in [1.54, 1.807) is 24.3 Å². The molecule has 2 aliphatic rings. The van der Waals surface area contributed by atoms with Gasteiger partial charge in [-0.15, -0.1) is 0 Å². The molecule has 0 amide bonds. The SMILES string of the molecule is O=C1C[C@@H](c2cc3ccccc3[nH]c2=O)c2c(ccc3c2O/C(=C/c2ccccc2)C3=O)O1. The van der Waals surface area contributed by atoms with E-state index < -0.39 is 11.9 Å². The number of ketones is 1. The number of hydrogen-bond acceptors (Lipinski definition) is 5. The lowest BCUT2D eigenvalue weighted by Gasteiger charge is -2.26. The summed E-state index contributed by atoms with van der Waals surface area (Å²) in [6.07, 6.45) is 1.65. The summed E-state index contributed by atoms with van der Waals surface area (Å²) in [4.78, 5) is 41.4. The number of ether oxygens (including phenoxy) is 2. The van der Waals surface area contributed by atoms with Crippen LogP contribution in [-0.2, 0) is 4.79 Å². The summed E-state index contributed by atoms with van der Waals surface area (Å²) in [7, 11) is 0. The molecule has 1 atom stereocenters. The molecule has 0 unspecified atom stereocenters. The zero-order chi connectivity index (χ0) is 22.5. The summed E-state index contributed by atoms with van der Waals surface area (Å²) >= 11 is 0. The summed E-state index contributed by atoms with van der Waals surface area (Å²) < 4.78 is 11.5. The monoisotopic (exact) mass is 435 g/mol. The highest BCUT2D eigenvalue weighted by molar-refractivity contribution is 6.15. The number of esters is 1. The van der Waals surface area contributed by atoms with Crippen LogP contribution in [0.1, 0.15) is 39.4 Å². The van der Waals surface area contributed by atoms with Crippen molar-refractivity contribution < 1.29 is 19.1 Å². The highest BCUT2D eigenvalue weighted by Crippen LogP contribution is 2.48. The van der Waals surface area contributed by atoms with Gasteiger partial charge in [0.1, 0.15) is 11.5 Å². The lowest BCUT2D eigenvalue weighted by molar-refractivity contribution is -0.135. The number of pyridine rings is 1. The third-order valence-electron chi connectivity index (χ3n) is 6.03. The first-order valence-corrected chi connectivity index (χ1v) is 10.6. The fourth-order valence-electron chi connectivity index (χ4n) is 4.50. The predicted octanol–water partition coefficient (Wildman–Crippen LogP) is 4.59. The highest BCUT2D eigenvalue weighted by atomic mass is 16.5. The van der Waals surface area contributed by atoms with Gasteiger partial charge >= 0.3 is 5.97 Å². The fourth-order valence-corrected chi connectivity index (χ4v) is 4.50. The lowest BCUT2D eigenvalue weighted by Crippen LogP contribution is -2.26. The van der Waals surface area contributed by atoms with Crippen molar-refractivity contribution in [2.75, 3.05) is 0 Å². The zero-order valence-electron chi connectivity index (χ0n) is 17.3. The Kier molecular flexibility index (Phi) is 4.26. The number of carbonyl (C=O) groups excluding carboxylic acids is 2. The molecule has 0 fully saturated rings. The van der Waals surface area contributed by atoms with Crippen LogP contribution >= 0.6 is 0 Å². The molecule has 3 heterocycles. The molecule has 6 nitrogen and oxygen atoms in total. The van der Waals surface area contributed by atoms with Crippen LogP contribution in [0.5, 0.6) is 11.5 Å². The maximum atomic E-state index is 13.1. The number of H-pyrrole nitrogens is 1. The number of hydrogen-bond donors (Lipinski definition) is 1. The Morgan fingerprint density at radius 2 is 1.67 bits per heavy atom. The molecule has 0 saturated carbocycles. The number of fused-ring (bicyclic) bond motifs is 4. The third-order valence-corrected chi connectivity index (χ3v) is 6.03. The summed E-state index contributed by atoms with van der Waals surface area (Å²) in [5.41, 5.74) is 2.60. The molecule has 2 aliphatic heterocycles. The van der Waals surface area contributed by atoms with Crippen molar-refractivity contribution in [3.05, 3.63) is 111 Å². The van der Waals surface area contributed by atoms with Crippen molar-refractivity contribution in [3.63, 3.8) is 0 Å². The van der Waals surface area contributed by atoms with Gasteiger partial charge in [-0.3, -0.25) is 14.4 Å². The van der Waals surface area contributed by atoms with Crippen molar-refractivity contribution >= 4 is 28.7 Å². The number of benzene rings is 3. The number of aromatic nitrogens is 1. The Balaban J connectivity index is 1.52. The molecule has 0 spiro atoms. The standard InChI is InChI=1S/C27H17NO5/c29-23-14-18(19-13-16-8-4-5-9-20(16)28-27(19)31)24-21(32-23)11-10-17-25(30)22(33-26(17)24)12-15-6-2-1-3-7-15/h1-13,18H,14H2,(H,28,31)/b22-12+/t18-/m0/s1. The first-order valence-electron chi connectivity index (χ1n) is 10.6. The van der Waals surface area contributed by atoms with Crippen LogP contribution in [0.4, 0.5) is 0 Å². The smallest absolute Gasteiger partial charge is 0.312 e. The van der Waals surface area contributed by atoms with Crippen molar-refractivity contribution in [2.24, 2.45) is 0 Å². The van der Waals surface area contributed by atoms with Crippen LogP contribution in [0.2, 0.25) is 0 Å². The van der Waals surface area contributed by atoms with Gasteiger partial charge in [0.05, 0.1) is 12.0 Å². The van der Waals surface area contributed by atoms with Gasteiger partial charge in [-0.05, 0) is 41.3 Å². The molecule has 0 aliphatic carbocycles. The number of nitrogens with one attached hydrogen (secondary N) is 1. The maximum absolute atomic E-state index is 13.1. The molecule has 3 aromatic carbocycles. The molecule has 33 heavy (non-hydrogen) atoms. The second-order valence-electron chi connectivity index (χ2n) is 8.08. The maximum Gasteiger partial charge on any atom is 0.312 e. The van der Waals surface area contributed by atoms with Crippen LogP contribution in [0.3, 0.4) is 0 Å². The van der Waals surface area contributed by atoms with Gasteiger partial charge < -0.3 is 14.5 Å². The van der Waals surface area contributed by atoms with Gasteiger partial charge in [0.15, 0.2) is 5.76 Å². The average Bonchev–Trinajstić information content (AvgIpc) is 3.13. The first-order chi connectivity index (χ1) is 16.1. The molecule has 160 valence electrons. The Morgan fingerprint density at radius 1 is 0.879 bits per heavy atom. The van der Waals surface area contributed by atoms with Crippen LogP contribution in [0.15, 0.2) is 83.4 Å². The molecule has 0 radical (unpaired) electrons. The highest BCUT2D eigenvalue weighted by Gasteiger charge is 2.39. The first kappa shape index (κ1) is 19.3. The van der Waals surface area contributed by atoms with Crippen LogP contribution in [0, 0.1) is 0 Å². The van der Waals surface area contributed by atoms with Crippen molar-refractivity contribution in [2.45, 2.75) is 12.3 Å². The molecular weight excluding hydrogens is 418 g/mol. The Bertz CT molecular complexity index is 1550. The Labute approximate surface area is 188 Å². The summed E-state index contributed by atoms with van der Waals surface area (Å²) in [5, 5.41) is 0.849. The van der Waals surface area contributed by atoms with Gasteiger partial charge in [-0.25, -0.2) is 0 Å². The van der Waals surface area contributed by atoms with Gasteiger partial charge in [0, 0.05) is 22.6 Å². The van der Waals surface area contributed by atoms with E-state index in [-0.39, 0.29) is 23.5 Å². The lowest BCUT2D eigenvalue weighted by atomic mass is 9.85. The van der Waals surface area contributed by atoms with E-state index in [1.165, 1.54) is 0 Å². The minimum absolute atomic E-state index is 0.0276. The summed E-state index contributed by atoms with van der Waals surface area (Å²) in [6, 6.07) is 21.8. The molecule has 0 saturated heterocycles. The summed E-state index contributed by atoms with van der Waals surface area (Å²) in [6.45, 7) is 0. The van der Waals surface area contributed by atoms with E-state index >= 15 is 0 Å². The van der Waals surface area contributed by atoms with Gasteiger partial charge in [-0.2, -0.15) is 0 Å². The fraction of sp³-hybridized carbons (Fsp3) is 0.0741. The van der Waals surface area contributed by atoms with Gasteiger partial charge in [-0.1, -0.05) is 48.5 Å². The van der Waals surface area contributed by atoms with E-state index in [1.807, 2.05) is 54.6 Å². The molecule has 1 aromatic heterocycles.